The molecule has 2 N–H and O–H groups in total. The maximum atomic E-state index is 5.57. The monoisotopic (exact) mass is 181 g/mol. The van der Waals surface area contributed by atoms with E-state index in [0.717, 1.165) is 13.0 Å². The summed E-state index contributed by atoms with van der Waals surface area (Å²) in [4.78, 5) is 4.06. The molecule has 0 saturated heterocycles. The molecule has 0 amide bonds. The quantitative estimate of drug-likeness (QED) is 0.729. The molecule has 1 heterocycles. The van der Waals surface area contributed by atoms with Crippen LogP contribution in [0.4, 0.5) is 0 Å². The van der Waals surface area contributed by atoms with Gasteiger partial charge in [-0.25, -0.2) is 4.98 Å². The SMILES string of the molecule is CCCCC(CCN)n1ccnc1. The van der Waals surface area contributed by atoms with Crippen LogP contribution in [0.5, 0.6) is 0 Å². The standard InChI is InChI=1S/C10H19N3/c1-2-3-4-10(5-6-11)13-8-7-12-9-13/h7-10H,2-6,11H2,1H3. The molecule has 0 bridgehead atoms. The first-order chi connectivity index (χ1) is 6.38. The van der Waals surface area contributed by atoms with Gasteiger partial charge >= 0.3 is 0 Å². The fraction of sp³-hybridized carbons (Fsp3) is 0.700. The Morgan fingerprint density at radius 3 is 2.85 bits per heavy atom. The summed E-state index contributed by atoms with van der Waals surface area (Å²) in [5.74, 6) is 0. The highest BCUT2D eigenvalue weighted by Gasteiger charge is 2.07. The second kappa shape index (κ2) is 5.75. The summed E-state index contributed by atoms with van der Waals surface area (Å²) >= 11 is 0. The van der Waals surface area contributed by atoms with Gasteiger partial charge in [0.25, 0.3) is 0 Å². The Bertz CT molecular complexity index is 206. The van der Waals surface area contributed by atoms with Crippen molar-refractivity contribution in [2.24, 2.45) is 5.73 Å². The van der Waals surface area contributed by atoms with Crippen LogP contribution in [0.25, 0.3) is 0 Å². The lowest BCUT2D eigenvalue weighted by molar-refractivity contribution is 0.426. The molecule has 0 aliphatic rings. The minimum atomic E-state index is 0.549. The molecule has 0 aromatic carbocycles. The zero-order valence-corrected chi connectivity index (χ0v) is 8.32. The molecule has 0 aliphatic heterocycles. The van der Waals surface area contributed by atoms with E-state index >= 15 is 0 Å². The molecule has 0 fully saturated rings. The molecule has 3 heteroatoms. The van der Waals surface area contributed by atoms with E-state index in [1.54, 1.807) is 0 Å². The second-order valence-electron chi connectivity index (χ2n) is 3.38. The maximum absolute atomic E-state index is 5.57. The largest absolute Gasteiger partial charge is 0.334 e. The van der Waals surface area contributed by atoms with Gasteiger partial charge in [-0.2, -0.15) is 0 Å². The summed E-state index contributed by atoms with van der Waals surface area (Å²) in [5, 5.41) is 0. The van der Waals surface area contributed by atoms with E-state index in [9.17, 15) is 0 Å². The highest BCUT2D eigenvalue weighted by molar-refractivity contribution is 4.80. The number of imidazole rings is 1. The van der Waals surface area contributed by atoms with E-state index in [1.807, 2.05) is 18.7 Å². The minimum absolute atomic E-state index is 0.549. The summed E-state index contributed by atoms with van der Waals surface area (Å²) < 4.78 is 2.17. The molecule has 74 valence electrons. The van der Waals surface area contributed by atoms with Crippen LogP contribution in [0.3, 0.4) is 0 Å². The number of hydrogen-bond donors (Lipinski definition) is 1. The Labute approximate surface area is 80.0 Å². The lowest BCUT2D eigenvalue weighted by Gasteiger charge is -2.16. The third kappa shape index (κ3) is 3.19. The molecule has 0 spiro atoms. The van der Waals surface area contributed by atoms with Gasteiger partial charge in [-0.15, -0.1) is 0 Å². The predicted molar refractivity (Wildman–Crippen MR) is 54.5 cm³/mol. The van der Waals surface area contributed by atoms with Crippen LogP contribution in [0.1, 0.15) is 38.6 Å². The predicted octanol–water partition coefficient (Wildman–Crippen LogP) is 1.96. The average molecular weight is 181 g/mol. The van der Waals surface area contributed by atoms with Gasteiger partial charge in [0, 0.05) is 18.4 Å². The third-order valence-electron chi connectivity index (χ3n) is 2.34. The van der Waals surface area contributed by atoms with E-state index in [2.05, 4.69) is 16.5 Å². The number of nitrogens with zero attached hydrogens (tertiary/aromatic N) is 2. The minimum Gasteiger partial charge on any atom is -0.334 e. The van der Waals surface area contributed by atoms with Crippen LogP contribution in [-0.4, -0.2) is 16.1 Å². The molecule has 0 saturated carbocycles. The van der Waals surface area contributed by atoms with E-state index < -0.39 is 0 Å². The summed E-state index contributed by atoms with van der Waals surface area (Å²) in [6, 6.07) is 0.549. The third-order valence-corrected chi connectivity index (χ3v) is 2.34. The number of rotatable bonds is 6. The Kier molecular flexibility index (Phi) is 4.54. The van der Waals surface area contributed by atoms with Crippen molar-refractivity contribution in [1.29, 1.82) is 0 Å². The fourth-order valence-electron chi connectivity index (χ4n) is 1.56. The number of hydrogen-bond acceptors (Lipinski definition) is 2. The molecular formula is C10H19N3. The van der Waals surface area contributed by atoms with Gasteiger partial charge in [0.2, 0.25) is 0 Å². The number of nitrogens with two attached hydrogens (primary N) is 1. The van der Waals surface area contributed by atoms with Crippen molar-refractivity contribution in [3.63, 3.8) is 0 Å². The van der Waals surface area contributed by atoms with Crippen LogP contribution in [0, 0.1) is 0 Å². The summed E-state index contributed by atoms with van der Waals surface area (Å²) in [7, 11) is 0. The molecule has 1 rings (SSSR count). The molecule has 0 radical (unpaired) electrons. The van der Waals surface area contributed by atoms with Crippen molar-refractivity contribution in [2.75, 3.05) is 6.54 Å². The molecule has 1 aromatic heterocycles. The summed E-state index contributed by atoms with van der Waals surface area (Å²) in [6.45, 7) is 2.97. The van der Waals surface area contributed by atoms with Crippen molar-refractivity contribution in [1.82, 2.24) is 9.55 Å². The molecule has 13 heavy (non-hydrogen) atoms. The Morgan fingerprint density at radius 2 is 2.31 bits per heavy atom. The van der Waals surface area contributed by atoms with Crippen molar-refractivity contribution in [3.8, 4) is 0 Å². The highest BCUT2D eigenvalue weighted by atomic mass is 15.0. The van der Waals surface area contributed by atoms with Crippen molar-refractivity contribution >= 4 is 0 Å². The van der Waals surface area contributed by atoms with Crippen LogP contribution in [0.15, 0.2) is 18.7 Å². The fourth-order valence-corrected chi connectivity index (χ4v) is 1.56. The van der Waals surface area contributed by atoms with E-state index in [1.165, 1.54) is 19.3 Å². The van der Waals surface area contributed by atoms with Gasteiger partial charge in [0.1, 0.15) is 0 Å². The van der Waals surface area contributed by atoms with Gasteiger partial charge in [0.05, 0.1) is 6.33 Å². The highest BCUT2D eigenvalue weighted by Crippen LogP contribution is 2.17. The second-order valence-corrected chi connectivity index (χ2v) is 3.38. The molecule has 3 nitrogen and oxygen atoms in total. The summed E-state index contributed by atoms with van der Waals surface area (Å²) in [5.41, 5.74) is 5.57. The first-order valence-corrected chi connectivity index (χ1v) is 5.06. The maximum Gasteiger partial charge on any atom is 0.0948 e. The average Bonchev–Trinajstić information content (AvgIpc) is 2.65. The zero-order chi connectivity index (χ0) is 9.52. The zero-order valence-electron chi connectivity index (χ0n) is 8.32. The molecule has 0 aliphatic carbocycles. The van der Waals surface area contributed by atoms with Gasteiger partial charge in [-0.3, -0.25) is 0 Å². The van der Waals surface area contributed by atoms with Crippen molar-refractivity contribution in [3.05, 3.63) is 18.7 Å². The summed E-state index contributed by atoms with van der Waals surface area (Å²) in [6.07, 6.45) is 10.5. The Morgan fingerprint density at radius 1 is 1.46 bits per heavy atom. The smallest absolute Gasteiger partial charge is 0.0948 e. The van der Waals surface area contributed by atoms with E-state index in [4.69, 9.17) is 5.73 Å². The lowest BCUT2D eigenvalue weighted by Crippen LogP contribution is -2.12. The van der Waals surface area contributed by atoms with Crippen LogP contribution < -0.4 is 5.73 Å². The van der Waals surface area contributed by atoms with Gasteiger partial charge in [0.15, 0.2) is 0 Å². The van der Waals surface area contributed by atoms with Crippen molar-refractivity contribution < 1.29 is 0 Å². The van der Waals surface area contributed by atoms with Gasteiger partial charge < -0.3 is 10.3 Å². The molecular weight excluding hydrogens is 162 g/mol. The molecule has 1 aromatic rings. The first kappa shape index (κ1) is 10.3. The normalized spacial score (nSPS) is 13.1. The Balaban J connectivity index is 2.47. The van der Waals surface area contributed by atoms with Gasteiger partial charge in [-0.05, 0) is 19.4 Å². The Hall–Kier alpha value is -0.830. The van der Waals surface area contributed by atoms with Crippen LogP contribution >= 0.6 is 0 Å². The van der Waals surface area contributed by atoms with E-state index in [0.29, 0.717) is 6.04 Å². The number of unbranched alkanes of at least 4 members (excludes halogenated alkanes) is 1. The van der Waals surface area contributed by atoms with Gasteiger partial charge in [-0.1, -0.05) is 19.8 Å². The molecule has 1 unspecified atom stereocenters. The van der Waals surface area contributed by atoms with Crippen molar-refractivity contribution in [2.45, 2.75) is 38.6 Å². The van der Waals surface area contributed by atoms with E-state index in [-0.39, 0.29) is 0 Å². The van der Waals surface area contributed by atoms with Crippen LogP contribution in [-0.2, 0) is 0 Å². The lowest BCUT2D eigenvalue weighted by atomic mass is 10.1. The first-order valence-electron chi connectivity index (χ1n) is 5.06. The van der Waals surface area contributed by atoms with Crippen LogP contribution in [0.2, 0.25) is 0 Å². The molecule has 1 atom stereocenters. The topological polar surface area (TPSA) is 43.8 Å². The number of aromatic nitrogens is 2.